The summed E-state index contributed by atoms with van der Waals surface area (Å²) in [6.07, 6.45) is 3.90. The van der Waals surface area contributed by atoms with Crippen LogP contribution in [0.25, 0.3) is 0 Å². The molecular weight excluding hydrogens is 172 g/mol. The maximum Gasteiger partial charge on any atom is 0.206 e. The third-order valence-corrected chi connectivity index (χ3v) is 2.72. The summed E-state index contributed by atoms with van der Waals surface area (Å²) in [6.45, 7) is 2.79. The average Bonchev–Trinajstić information content (AvgIpc) is 2.56. The SMILES string of the molecule is CCCSCC(=O)C1=CCCO1. The van der Waals surface area contributed by atoms with Crippen molar-refractivity contribution in [1.29, 1.82) is 0 Å². The molecule has 1 aliphatic rings. The summed E-state index contributed by atoms with van der Waals surface area (Å²) >= 11 is 1.68. The van der Waals surface area contributed by atoms with E-state index < -0.39 is 0 Å². The van der Waals surface area contributed by atoms with Gasteiger partial charge in [0.25, 0.3) is 0 Å². The van der Waals surface area contributed by atoms with E-state index in [-0.39, 0.29) is 5.78 Å². The molecule has 2 nitrogen and oxygen atoms in total. The summed E-state index contributed by atoms with van der Waals surface area (Å²) in [7, 11) is 0. The summed E-state index contributed by atoms with van der Waals surface area (Å²) in [5.74, 6) is 2.35. The molecule has 0 N–H and O–H groups in total. The number of carbonyl (C=O) groups excluding carboxylic acids is 1. The standard InChI is InChI=1S/C9H14O2S/c1-2-6-12-7-8(10)9-4-3-5-11-9/h4H,2-3,5-7H2,1H3. The van der Waals surface area contributed by atoms with E-state index >= 15 is 0 Å². The van der Waals surface area contributed by atoms with Gasteiger partial charge >= 0.3 is 0 Å². The predicted molar refractivity (Wildman–Crippen MR) is 51.3 cm³/mol. The smallest absolute Gasteiger partial charge is 0.206 e. The maximum absolute atomic E-state index is 11.3. The first kappa shape index (κ1) is 9.65. The van der Waals surface area contributed by atoms with Crippen molar-refractivity contribution >= 4 is 17.5 Å². The summed E-state index contributed by atoms with van der Waals surface area (Å²) in [5, 5.41) is 0. The molecule has 0 bridgehead atoms. The van der Waals surface area contributed by atoms with Crippen molar-refractivity contribution in [2.24, 2.45) is 0 Å². The van der Waals surface area contributed by atoms with Gasteiger partial charge in [-0.3, -0.25) is 4.79 Å². The predicted octanol–water partition coefficient (Wildman–Crippen LogP) is 2.00. The minimum atomic E-state index is 0.144. The minimum Gasteiger partial charge on any atom is -0.490 e. The topological polar surface area (TPSA) is 26.3 Å². The monoisotopic (exact) mass is 186 g/mol. The van der Waals surface area contributed by atoms with Gasteiger partial charge in [-0.05, 0) is 18.2 Å². The largest absolute Gasteiger partial charge is 0.490 e. The highest BCUT2D eigenvalue weighted by Gasteiger charge is 2.13. The van der Waals surface area contributed by atoms with E-state index in [4.69, 9.17) is 4.74 Å². The molecule has 1 rings (SSSR count). The summed E-state index contributed by atoms with van der Waals surface area (Å²) in [5.41, 5.74) is 0. The summed E-state index contributed by atoms with van der Waals surface area (Å²) < 4.78 is 5.14. The molecule has 1 aliphatic heterocycles. The van der Waals surface area contributed by atoms with Crippen molar-refractivity contribution in [1.82, 2.24) is 0 Å². The number of rotatable bonds is 5. The molecule has 0 aromatic heterocycles. The first-order valence-corrected chi connectivity index (χ1v) is 5.44. The molecule has 3 heteroatoms. The van der Waals surface area contributed by atoms with Crippen molar-refractivity contribution in [2.75, 3.05) is 18.1 Å². The first-order chi connectivity index (χ1) is 5.84. The number of ether oxygens (including phenoxy) is 1. The second-order valence-electron chi connectivity index (χ2n) is 2.68. The lowest BCUT2D eigenvalue weighted by molar-refractivity contribution is -0.116. The van der Waals surface area contributed by atoms with Crippen LogP contribution < -0.4 is 0 Å². The van der Waals surface area contributed by atoms with Gasteiger partial charge in [0.15, 0.2) is 5.76 Å². The molecule has 0 aliphatic carbocycles. The van der Waals surface area contributed by atoms with E-state index in [1.807, 2.05) is 6.08 Å². The normalized spacial score (nSPS) is 15.6. The Morgan fingerprint density at radius 3 is 3.17 bits per heavy atom. The third kappa shape index (κ3) is 2.89. The Hall–Kier alpha value is -0.440. The van der Waals surface area contributed by atoms with Crippen molar-refractivity contribution in [3.05, 3.63) is 11.8 Å². The van der Waals surface area contributed by atoms with E-state index in [1.54, 1.807) is 11.8 Å². The van der Waals surface area contributed by atoms with Crippen LogP contribution in [0.4, 0.5) is 0 Å². The molecule has 0 saturated carbocycles. The van der Waals surface area contributed by atoms with Crippen LogP contribution >= 0.6 is 11.8 Å². The Labute approximate surface area is 77.4 Å². The Bertz CT molecular complexity index is 187. The van der Waals surface area contributed by atoms with Crippen LogP contribution in [0.5, 0.6) is 0 Å². The van der Waals surface area contributed by atoms with Crippen LogP contribution in [0.1, 0.15) is 19.8 Å². The second kappa shape index (κ2) is 5.25. The van der Waals surface area contributed by atoms with Crippen molar-refractivity contribution in [3.63, 3.8) is 0 Å². The molecule has 0 spiro atoms. The lowest BCUT2D eigenvalue weighted by Crippen LogP contribution is -2.06. The Morgan fingerprint density at radius 2 is 2.58 bits per heavy atom. The van der Waals surface area contributed by atoms with Crippen LogP contribution in [0.15, 0.2) is 11.8 Å². The van der Waals surface area contributed by atoms with Gasteiger partial charge in [-0.1, -0.05) is 6.92 Å². The summed E-state index contributed by atoms with van der Waals surface area (Å²) in [6, 6.07) is 0. The number of hydrogen-bond acceptors (Lipinski definition) is 3. The minimum absolute atomic E-state index is 0.144. The fourth-order valence-electron chi connectivity index (χ4n) is 0.992. The van der Waals surface area contributed by atoms with Crippen LogP contribution in [-0.2, 0) is 9.53 Å². The number of Topliss-reactive ketones (excluding diaryl/α,β-unsaturated/α-hetero) is 1. The lowest BCUT2D eigenvalue weighted by atomic mass is 10.3. The van der Waals surface area contributed by atoms with Crippen LogP contribution in [-0.4, -0.2) is 23.9 Å². The maximum atomic E-state index is 11.3. The third-order valence-electron chi connectivity index (χ3n) is 1.56. The van der Waals surface area contributed by atoms with Gasteiger partial charge in [-0.25, -0.2) is 0 Å². The van der Waals surface area contributed by atoms with Gasteiger partial charge in [0.05, 0.1) is 12.4 Å². The molecule has 0 aromatic carbocycles. The van der Waals surface area contributed by atoms with Crippen molar-refractivity contribution in [3.8, 4) is 0 Å². The zero-order valence-electron chi connectivity index (χ0n) is 7.34. The highest BCUT2D eigenvalue weighted by Crippen LogP contribution is 2.13. The van der Waals surface area contributed by atoms with Gasteiger partial charge in [-0.15, -0.1) is 0 Å². The lowest BCUT2D eigenvalue weighted by Gasteiger charge is -2.01. The van der Waals surface area contributed by atoms with Gasteiger partial charge in [0.2, 0.25) is 5.78 Å². The molecular formula is C9H14O2S. The van der Waals surface area contributed by atoms with Crippen LogP contribution in [0.3, 0.4) is 0 Å². The number of carbonyl (C=O) groups is 1. The van der Waals surface area contributed by atoms with Gasteiger partial charge in [-0.2, -0.15) is 11.8 Å². The molecule has 68 valence electrons. The molecule has 0 fully saturated rings. The van der Waals surface area contributed by atoms with E-state index in [0.29, 0.717) is 18.1 Å². The number of hydrogen-bond donors (Lipinski definition) is 0. The summed E-state index contributed by atoms with van der Waals surface area (Å²) in [4.78, 5) is 11.3. The Kier molecular flexibility index (Phi) is 4.22. The van der Waals surface area contributed by atoms with E-state index in [1.165, 1.54) is 0 Å². The second-order valence-corrected chi connectivity index (χ2v) is 3.79. The quantitative estimate of drug-likeness (QED) is 0.614. The van der Waals surface area contributed by atoms with Crippen molar-refractivity contribution < 1.29 is 9.53 Å². The highest BCUT2D eigenvalue weighted by molar-refractivity contribution is 7.99. The fraction of sp³-hybridized carbons (Fsp3) is 0.667. The van der Waals surface area contributed by atoms with Gasteiger partial charge in [0.1, 0.15) is 0 Å². The molecule has 0 atom stereocenters. The van der Waals surface area contributed by atoms with E-state index in [0.717, 1.165) is 18.6 Å². The van der Waals surface area contributed by atoms with Crippen LogP contribution in [0, 0.1) is 0 Å². The van der Waals surface area contributed by atoms with Gasteiger partial charge < -0.3 is 4.74 Å². The first-order valence-electron chi connectivity index (χ1n) is 4.28. The Morgan fingerprint density at radius 1 is 1.75 bits per heavy atom. The van der Waals surface area contributed by atoms with Gasteiger partial charge in [0, 0.05) is 6.42 Å². The zero-order valence-corrected chi connectivity index (χ0v) is 8.15. The average molecular weight is 186 g/mol. The molecule has 1 heterocycles. The molecule has 0 saturated heterocycles. The molecule has 0 amide bonds. The van der Waals surface area contributed by atoms with Crippen LogP contribution in [0.2, 0.25) is 0 Å². The highest BCUT2D eigenvalue weighted by atomic mass is 32.2. The number of allylic oxidation sites excluding steroid dienone is 1. The van der Waals surface area contributed by atoms with E-state index in [2.05, 4.69) is 6.92 Å². The molecule has 0 radical (unpaired) electrons. The zero-order chi connectivity index (χ0) is 8.81. The van der Waals surface area contributed by atoms with Crippen molar-refractivity contribution in [2.45, 2.75) is 19.8 Å². The van der Waals surface area contributed by atoms with E-state index in [9.17, 15) is 4.79 Å². The number of thioether (sulfide) groups is 1. The Balaban J connectivity index is 2.19. The molecule has 12 heavy (non-hydrogen) atoms. The molecule has 0 unspecified atom stereocenters. The molecule has 0 aromatic rings. The number of ketones is 1. The fourth-order valence-corrected chi connectivity index (χ4v) is 1.75.